The first-order chi connectivity index (χ1) is 17.8. The number of ketones is 1. The molecule has 37 heavy (non-hydrogen) atoms. The first-order valence-corrected chi connectivity index (χ1v) is 13.0. The van der Waals surface area contributed by atoms with Crippen LogP contribution in [0.4, 0.5) is 11.4 Å². The molecule has 4 aliphatic heterocycles. The van der Waals surface area contributed by atoms with Crippen molar-refractivity contribution in [1.82, 2.24) is 4.90 Å². The summed E-state index contributed by atoms with van der Waals surface area (Å²) in [5.74, 6) is -1.27. The number of para-hydroxylation sites is 1. The van der Waals surface area contributed by atoms with Crippen molar-refractivity contribution < 1.29 is 14.4 Å². The summed E-state index contributed by atoms with van der Waals surface area (Å²) in [6.45, 7) is 6.65. The molecule has 4 atom stereocenters. The predicted octanol–water partition coefficient (Wildman–Crippen LogP) is 4.63. The largest absolute Gasteiger partial charge is 0.325 e. The van der Waals surface area contributed by atoms with Gasteiger partial charge in [-0.25, -0.2) is 0 Å². The number of nitrogens with zero attached hydrogens (tertiary/aromatic N) is 1. The maximum Gasteiger partial charge on any atom is 0.251 e. The average Bonchev–Trinajstić information content (AvgIpc) is 3.59. The van der Waals surface area contributed by atoms with Crippen molar-refractivity contribution in [1.29, 1.82) is 0 Å². The molecule has 0 radical (unpaired) electrons. The molecule has 6 heteroatoms. The molecule has 2 spiro atoms. The van der Waals surface area contributed by atoms with Gasteiger partial charge in [0.15, 0.2) is 5.78 Å². The number of fused-ring (bicyclic) bond motifs is 7. The van der Waals surface area contributed by atoms with Crippen LogP contribution in [0.5, 0.6) is 0 Å². The SMILES string of the molecule is Cc1ccc(C(=O)[C@@H]2[C@@H]3CCCN3[C@@]3(C(=O)Nc4c(C)cc(C)cc43)[C@]23C(=O)Nc2ccccc23)cc1. The second-order valence-electron chi connectivity index (χ2n) is 11.1. The number of hydrogen-bond donors (Lipinski definition) is 2. The van der Waals surface area contributed by atoms with Crippen molar-refractivity contribution in [2.75, 3.05) is 17.2 Å². The molecular formula is C31H29N3O3. The molecule has 2 fully saturated rings. The Morgan fingerprint density at radius 2 is 1.65 bits per heavy atom. The summed E-state index contributed by atoms with van der Waals surface area (Å²) >= 11 is 0. The lowest BCUT2D eigenvalue weighted by atomic mass is 9.57. The molecule has 0 unspecified atom stereocenters. The van der Waals surface area contributed by atoms with Crippen LogP contribution >= 0.6 is 0 Å². The van der Waals surface area contributed by atoms with Crippen LogP contribution in [-0.4, -0.2) is 35.1 Å². The Morgan fingerprint density at radius 3 is 2.43 bits per heavy atom. The van der Waals surface area contributed by atoms with Crippen LogP contribution in [0.25, 0.3) is 0 Å². The minimum absolute atomic E-state index is 0.0775. The van der Waals surface area contributed by atoms with Gasteiger partial charge < -0.3 is 10.6 Å². The Bertz CT molecular complexity index is 1530. The molecule has 0 saturated carbocycles. The molecule has 3 aromatic carbocycles. The second kappa shape index (κ2) is 7.39. The van der Waals surface area contributed by atoms with Crippen molar-refractivity contribution in [2.45, 2.75) is 50.6 Å². The van der Waals surface area contributed by atoms with E-state index in [0.29, 0.717) is 17.8 Å². The van der Waals surface area contributed by atoms with E-state index in [4.69, 9.17) is 0 Å². The van der Waals surface area contributed by atoms with Gasteiger partial charge in [-0.05, 0) is 57.4 Å². The van der Waals surface area contributed by atoms with E-state index in [1.165, 1.54) is 0 Å². The minimum atomic E-state index is -1.40. The molecule has 3 aromatic rings. The van der Waals surface area contributed by atoms with Crippen LogP contribution in [0.15, 0.2) is 60.7 Å². The summed E-state index contributed by atoms with van der Waals surface area (Å²) in [5, 5.41) is 6.27. The van der Waals surface area contributed by atoms with Gasteiger partial charge >= 0.3 is 0 Å². The number of rotatable bonds is 2. The van der Waals surface area contributed by atoms with Crippen LogP contribution in [0.3, 0.4) is 0 Å². The van der Waals surface area contributed by atoms with Crippen LogP contribution in [-0.2, 0) is 20.5 Å². The van der Waals surface area contributed by atoms with E-state index in [1.807, 2.05) is 75.4 Å². The van der Waals surface area contributed by atoms with E-state index in [1.54, 1.807) is 0 Å². The zero-order valence-electron chi connectivity index (χ0n) is 21.2. The van der Waals surface area contributed by atoms with Gasteiger partial charge in [0.05, 0.1) is 5.92 Å². The third-order valence-electron chi connectivity index (χ3n) is 9.17. The van der Waals surface area contributed by atoms with Gasteiger partial charge in [-0.2, -0.15) is 0 Å². The lowest BCUT2D eigenvalue weighted by molar-refractivity contribution is -0.137. The van der Waals surface area contributed by atoms with Crippen LogP contribution in [0, 0.1) is 26.7 Å². The quantitative estimate of drug-likeness (QED) is 0.513. The summed E-state index contributed by atoms with van der Waals surface area (Å²) in [7, 11) is 0. The number of carbonyl (C=O) groups excluding carboxylic acids is 3. The van der Waals surface area contributed by atoms with E-state index in [-0.39, 0.29) is 23.6 Å². The van der Waals surface area contributed by atoms with Gasteiger partial charge in [0.2, 0.25) is 5.91 Å². The first kappa shape index (κ1) is 22.4. The highest BCUT2D eigenvalue weighted by Gasteiger charge is 2.81. The van der Waals surface area contributed by atoms with Crippen LogP contribution < -0.4 is 10.6 Å². The van der Waals surface area contributed by atoms with Gasteiger partial charge in [-0.1, -0.05) is 65.7 Å². The Kier molecular flexibility index (Phi) is 4.48. The number of anilines is 2. The molecule has 2 N–H and O–H groups in total. The second-order valence-corrected chi connectivity index (χ2v) is 11.1. The van der Waals surface area contributed by atoms with Gasteiger partial charge in [-0.3, -0.25) is 19.3 Å². The molecule has 2 amide bonds. The van der Waals surface area contributed by atoms with Crippen LogP contribution in [0.1, 0.15) is 51.0 Å². The fourth-order valence-electron chi connectivity index (χ4n) is 7.93. The van der Waals surface area contributed by atoms with Crippen molar-refractivity contribution in [3.63, 3.8) is 0 Å². The number of carbonyl (C=O) groups is 3. The molecule has 4 aliphatic rings. The minimum Gasteiger partial charge on any atom is -0.325 e. The zero-order chi connectivity index (χ0) is 25.7. The fourth-order valence-corrected chi connectivity index (χ4v) is 7.93. The lowest BCUT2D eigenvalue weighted by Gasteiger charge is -2.43. The number of amides is 2. The zero-order valence-corrected chi connectivity index (χ0v) is 21.2. The number of benzene rings is 3. The summed E-state index contributed by atoms with van der Waals surface area (Å²) in [4.78, 5) is 45.8. The van der Waals surface area contributed by atoms with E-state index < -0.39 is 16.9 Å². The van der Waals surface area contributed by atoms with Crippen molar-refractivity contribution in [3.8, 4) is 0 Å². The summed E-state index contributed by atoms with van der Waals surface area (Å²) in [5.41, 5.74) is 3.92. The molecule has 2 saturated heterocycles. The van der Waals surface area contributed by atoms with Gasteiger partial charge in [-0.15, -0.1) is 0 Å². The Hall–Kier alpha value is -3.77. The van der Waals surface area contributed by atoms with Gasteiger partial charge in [0.1, 0.15) is 11.0 Å². The van der Waals surface area contributed by atoms with E-state index in [2.05, 4.69) is 21.6 Å². The summed E-state index contributed by atoms with van der Waals surface area (Å²) in [6, 6.07) is 19.0. The number of hydrogen-bond acceptors (Lipinski definition) is 4. The number of nitrogens with one attached hydrogen (secondary N) is 2. The highest BCUT2D eigenvalue weighted by atomic mass is 16.2. The Labute approximate surface area is 216 Å². The maximum atomic E-state index is 14.6. The standard InChI is InChI=1S/C31H29N3O3/c1-17-10-12-20(13-11-17)27(35)25-24-9-6-14-34(24)31(22-16-18(2)15-19(3)26(22)33-29(31)37)30(25)21-7-4-5-8-23(21)32-28(30)36/h4-5,7-8,10-13,15-16,24-25H,6,9,14H2,1-3H3,(H,32,36)(H,33,37)/t24-,25-,30-,31-/m0/s1. The normalized spacial score (nSPS) is 29.4. The Balaban J connectivity index is 1.60. The number of aryl methyl sites for hydroxylation is 3. The molecule has 0 aromatic heterocycles. The summed E-state index contributed by atoms with van der Waals surface area (Å²) < 4.78 is 0. The predicted molar refractivity (Wildman–Crippen MR) is 142 cm³/mol. The first-order valence-electron chi connectivity index (χ1n) is 13.0. The average molecular weight is 492 g/mol. The molecule has 4 heterocycles. The lowest BCUT2D eigenvalue weighted by Crippen LogP contribution is -2.62. The molecular weight excluding hydrogens is 462 g/mol. The molecule has 0 aliphatic carbocycles. The van der Waals surface area contributed by atoms with Gasteiger partial charge in [0.25, 0.3) is 5.91 Å². The van der Waals surface area contributed by atoms with Crippen molar-refractivity contribution in [2.24, 2.45) is 5.92 Å². The van der Waals surface area contributed by atoms with E-state index >= 15 is 0 Å². The van der Waals surface area contributed by atoms with Crippen molar-refractivity contribution in [3.05, 3.63) is 94.0 Å². The van der Waals surface area contributed by atoms with E-state index in [0.717, 1.165) is 46.3 Å². The molecule has 6 nitrogen and oxygen atoms in total. The monoisotopic (exact) mass is 491 g/mol. The molecule has 0 bridgehead atoms. The fraction of sp³-hybridized carbons (Fsp3) is 0.323. The van der Waals surface area contributed by atoms with Crippen molar-refractivity contribution >= 4 is 29.0 Å². The smallest absolute Gasteiger partial charge is 0.251 e. The third-order valence-corrected chi connectivity index (χ3v) is 9.17. The van der Waals surface area contributed by atoms with E-state index in [9.17, 15) is 14.4 Å². The molecule has 7 rings (SSSR count). The topological polar surface area (TPSA) is 78.5 Å². The highest BCUT2D eigenvalue weighted by Crippen LogP contribution is 2.68. The summed E-state index contributed by atoms with van der Waals surface area (Å²) in [6.07, 6.45) is 1.63. The third kappa shape index (κ3) is 2.51. The number of Topliss-reactive ketones (excluding diaryl/α,β-unsaturated/α-hetero) is 1. The molecule has 186 valence electrons. The Morgan fingerprint density at radius 1 is 0.892 bits per heavy atom. The van der Waals surface area contributed by atoms with Gasteiger partial charge in [0, 0.05) is 28.5 Å². The van der Waals surface area contributed by atoms with Crippen LogP contribution in [0.2, 0.25) is 0 Å². The highest BCUT2D eigenvalue weighted by molar-refractivity contribution is 6.21. The maximum absolute atomic E-state index is 14.6.